The highest BCUT2D eigenvalue weighted by atomic mass is 32.2. The lowest BCUT2D eigenvalue weighted by Gasteiger charge is -2.23. The lowest BCUT2D eigenvalue weighted by molar-refractivity contribution is -0.116. The summed E-state index contributed by atoms with van der Waals surface area (Å²) in [4.78, 5) is 11.7. The fraction of sp³-hybridized carbons (Fsp3) is 0.417. The van der Waals surface area contributed by atoms with Crippen LogP contribution in [0, 0.1) is 5.82 Å². The van der Waals surface area contributed by atoms with Crippen molar-refractivity contribution in [1.82, 2.24) is 5.32 Å². The summed E-state index contributed by atoms with van der Waals surface area (Å²) in [6, 6.07) is 5.05. The second-order valence-electron chi connectivity index (χ2n) is 4.52. The monoisotopic (exact) mass is 286 g/mol. The van der Waals surface area contributed by atoms with Crippen LogP contribution in [0.1, 0.15) is 6.42 Å². The van der Waals surface area contributed by atoms with Crippen molar-refractivity contribution in [2.24, 2.45) is 0 Å². The lowest BCUT2D eigenvalue weighted by Crippen LogP contribution is -2.46. The molecule has 2 rings (SSSR count). The third kappa shape index (κ3) is 4.29. The Labute approximate surface area is 111 Å². The minimum atomic E-state index is -3.05. The Morgan fingerprint density at radius 1 is 1.37 bits per heavy atom. The van der Waals surface area contributed by atoms with Crippen molar-refractivity contribution >= 4 is 21.4 Å². The number of carbonyl (C=O) groups is 1. The van der Waals surface area contributed by atoms with E-state index in [1.807, 2.05) is 0 Å². The van der Waals surface area contributed by atoms with Gasteiger partial charge in [0, 0.05) is 24.7 Å². The molecule has 0 aromatic heterocycles. The van der Waals surface area contributed by atoms with E-state index in [0.717, 1.165) is 0 Å². The number of hydrogen-bond acceptors (Lipinski definition) is 4. The van der Waals surface area contributed by atoms with Gasteiger partial charge >= 0.3 is 0 Å². The van der Waals surface area contributed by atoms with E-state index in [2.05, 4.69) is 10.6 Å². The van der Waals surface area contributed by atoms with Crippen LogP contribution in [0.4, 0.5) is 10.1 Å². The summed E-state index contributed by atoms with van der Waals surface area (Å²) in [5, 5.41) is 5.60. The first-order chi connectivity index (χ1) is 8.94. The van der Waals surface area contributed by atoms with Crippen LogP contribution in [-0.2, 0) is 14.6 Å². The van der Waals surface area contributed by atoms with Crippen LogP contribution in [0.3, 0.4) is 0 Å². The van der Waals surface area contributed by atoms with Crippen molar-refractivity contribution in [3.05, 3.63) is 30.1 Å². The van der Waals surface area contributed by atoms with Crippen LogP contribution < -0.4 is 10.6 Å². The standard InChI is InChI=1S/C12H15FN2O3S/c13-9-1-3-10(4-2-9)15-12(16)7-11-8-19(17,18)6-5-14-11/h1-4,11,14H,5-8H2,(H,15,16). The molecule has 0 spiro atoms. The maximum Gasteiger partial charge on any atom is 0.225 e. The SMILES string of the molecule is O=C(CC1CS(=O)(=O)CCN1)Nc1ccc(F)cc1. The molecule has 0 radical (unpaired) electrons. The van der Waals surface area contributed by atoms with Crippen molar-refractivity contribution in [3.8, 4) is 0 Å². The van der Waals surface area contributed by atoms with Crippen LogP contribution in [0.15, 0.2) is 24.3 Å². The van der Waals surface area contributed by atoms with Gasteiger partial charge in [-0.3, -0.25) is 4.79 Å². The molecule has 1 aliphatic rings. The van der Waals surface area contributed by atoms with Gasteiger partial charge in [-0.25, -0.2) is 12.8 Å². The molecule has 1 amide bonds. The molecule has 7 heteroatoms. The second-order valence-corrected chi connectivity index (χ2v) is 6.75. The van der Waals surface area contributed by atoms with E-state index in [-0.39, 0.29) is 35.7 Å². The number of amides is 1. The molecule has 1 aliphatic heterocycles. The van der Waals surface area contributed by atoms with Gasteiger partial charge in [-0.1, -0.05) is 0 Å². The normalized spacial score (nSPS) is 21.8. The molecule has 1 saturated heterocycles. The summed E-state index contributed by atoms with van der Waals surface area (Å²) in [5.74, 6) is -0.577. The molecule has 5 nitrogen and oxygen atoms in total. The first-order valence-electron chi connectivity index (χ1n) is 5.94. The van der Waals surface area contributed by atoms with Gasteiger partial charge in [-0.05, 0) is 24.3 Å². The molecule has 1 aromatic rings. The predicted molar refractivity (Wildman–Crippen MR) is 70.1 cm³/mol. The summed E-state index contributed by atoms with van der Waals surface area (Å²) in [6.45, 7) is 0.372. The number of anilines is 1. The third-order valence-electron chi connectivity index (χ3n) is 2.86. The van der Waals surface area contributed by atoms with E-state index >= 15 is 0 Å². The van der Waals surface area contributed by atoms with Gasteiger partial charge in [-0.2, -0.15) is 0 Å². The summed E-state index contributed by atoms with van der Waals surface area (Å²) in [6.07, 6.45) is 0.0800. The molecule has 0 aliphatic carbocycles. The average Bonchev–Trinajstić information content (AvgIpc) is 2.30. The zero-order chi connectivity index (χ0) is 13.9. The molecule has 1 fully saturated rings. The van der Waals surface area contributed by atoms with Gasteiger partial charge in [0.15, 0.2) is 9.84 Å². The Balaban J connectivity index is 1.89. The maximum atomic E-state index is 12.7. The first kappa shape index (κ1) is 14.0. The first-order valence-corrected chi connectivity index (χ1v) is 7.76. The van der Waals surface area contributed by atoms with Crippen molar-refractivity contribution in [1.29, 1.82) is 0 Å². The van der Waals surface area contributed by atoms with Crippen LogP contribution in [0.2, 0.25) is 0 Å². The van der Waals surface area contributed by atoms with Gasteiger partial charge in [0.2, 0.25) is 5.91 Å². The Kier molecular flexibility index (Phi) is 4.16. The Morgan fingerprint density at radius 2 is 2.05 bits per heavy atom. The number of carbonyl (C=O) groups excluding carboxylic acids is 1. The largest absolute Gasteiger partial charge is 0.326 e. The molecule has 0 bridgehead atoms. The molecule has 19 heavy (non-hydrogen) atoms. The van der Waals surface area contributed by atoms with Gasteiger partial charge in [0.05, 0.1) is 11.5 Å². The molecule has 104 valence electrons. The van der Waals surface area contributed by atoms with Crippen LogP contribution in [0.25, 0.3) is 0 Å². The molecule has 1 unspecified atom stereocenters. The molecular formula is C12H15FN2O3S. The highest BCUT2D eigenvalue weighted by Gasteiger charge is 2.25. The number of hydrogen-bond donors (Lipinski definition) is 2. The highest BCUT2D eigenvalue weighted by Crippen LogP contribution is 2.10. The molecule has 1 aromatic carbocycles. The van der Waals surface area contributed by atoms with E-state index in [0.29, 0.717) is 12.2 Å². The Morgan fingerprint density at radius 3 is 2.68 bits per heavy atom. The minimum absolute atomic E-state index is 0.0240. The molecule has 1 atom stereocenters. The summed E-state index contributed by atoms with van der Waals surface area (Å²) in [7, 11) is -3.05. The van der Waals surface area contributed by atoms with Gasteiger partial charge in [-0.15, -0.1) is 0 Å². The number of halogens is 1. The topological polar surface area (TPSA) is 75.3 Å². The Bertz CT molecular complexity index is 557. The zero-order valence-corrected chi connectivity index (χ0v) is 11.0. The molecule has 0 saturated carbocycles. The van der Waals surface area contributed by atoms with Crippen molar-refractivity contribution < 1.29 is 17.6 Å². The van der Waals surface area contributed by atoms with E-state index < -0.39 is 9.84 Å². The molecular weight excluding hydrogens is 271 g/mol. The fourth-order valence-electron chi connectivity index (χ4n) is 1.97. The molecule has 1 heterocycles. The smallest absolute Gasteiger partial charge is 0.225 e. The van der Waals surface area contributed by atoms with Crippen molar-refractivity contribution in [2.45, 2.75) is 12.5 Å². The van der Waals surface area contributed by atoms with E-state index in [1.54, 1.807) is 0 Å². The second kappa shape index (κ2) is 5.66. The molecule has 2 N–H and O–H groups in total. The lowest BCUT2D eigenvalue weighted by atomic mass is 10.2. The number of rotatable bonds is 3. The summed E-state index contributed by atoms with van der Waals surface area (Å²) >= 11 is 0. The van der Waals surface area contributed by atoms with E-state index in [1.165, 1.54) is 24.3 Å². The zero-order valence-electron chi connectivity index (χ0n) is 10.2. The number of benzene rings is 1. The Hall–Kier alpha value is -1.47. The van der Waals surface area contributed by atoms with Gasteiger partial charge < -0.3 is 10.6 Å². The van der Waals surface area contributed by atoms with Crippen molar-refractivity contribution in [3.63, 3.8) is 0 Å². The fourth-order valence-corrected chi connectivity index (χ4v) is 3.41. The predicted octanol–water partition coefficient (Wildman–Crippen LogP) is 0.541. The highest BCUT2D eigenvalue weighted by molar-refractivity contribution is 7.91. The van der Waals surface area contributed by atoms with Gasteiger partial charge in [0.25, 0.3) is 0 Å². The summed E-state index contributed by atoms with van der Waals surface area (Å²) < 4.78 is 35.5. The van der Waals surface area contributed by atoms with E-state index in [9.17, 15) is 17.6 Å². The third-order valence-corrected chi connectivity index (χ3v) is 4.60. The van der Waals surface area contributed by atoms with Crippen LogP contribution >= 0.6 is 0 Å². The van der Waals surface area contributed by atoms with Crippen molar-refractivity contribution in [2.75, 3.05) is 23.4 Å². The van der Waals surface area contributed by atoms with Gasteiger partial charge in [0.1, 0.15) is 5.82 Å². The van der Waals surface area contributed by atoms with Crippen LogP contribution in [0.5, 0.6) is 0 Å². The van der Waals surface area contributed by atoms with Crippen LogP contribution in [-0.4, -0.2) is 38.4 Å². The summed E-state index contributed by atoms with van der Waals surface area (Å²) in [5.41, 5.74) is 0.491. The maximum absolute atomic E-state index is 12.7. The average molecular weight is 286 g/mol. The number of nitrogens with one attached hydrogen (secondary N) is 2. The number of sulfone groups is 1. The minimum Gasteiger partial charge on any atom is -0.326 e. The quantitative estimate of drug-likeness (QED) is 0.850. The van der Waals surface area contributed by atoms with E-state index in [4.69, 9.17) is 0 Å².